The topological polar surface area (TPSA) is 111 Å². The number of hydrogen-bond donors (Lipinski definition) is 1. The molecular formula is C22H30N2O7. The number of fused-ring (bicyclic) bond motifs is 1. The van der Waals surface area contributed by atoms with Crippen LogP contribution in [0.25, 0.3) is 0 Å². The fraction of sp³-hybridized carbons (Fsp3) is 0.545. The van der Waals surface area contributed by atoms with E-state index >= 15 is 0 Å². The molecule has 1 unspecified atom stereocenters. The van der Waals surface area contributed by atoms with Crippen molar-refractivity contribution in [3.63, 3.8) is 0 Å². The van der Waals surface area contributed by atoms with Gasteiger partial charge in [-0.25, -0.2) is 4.79 Å². The average Bonchev–Trinajstić information content (AvgIpc) is 2.92. The summed E-state index contributed by atoms with van der Waals surface area (Å²) in [5, 5.41) is 3.39. The molecule has 3 amide bonds. The second-order valence-corrected chi connectivity index (χ2v) is 8.47. The van der Waals surface area contributed by atoms with Crippen LogP contribution >= 0.6 is 0 Å². The van der Waals surface area contributed by atoms with Crippen LogP contribution in [0.4, 0.5) is 0 Å². The van der Waals surface area contributed by atoms with Crippen LogP contribution in [0.15, 0.2) is 24.3 Å². The fourth-order valence-electron chi connectivity index (χ4n) is 2.85. The molecule has 0 aliphatic carbocycles. The summed E-state index contributed by atoms with van der Waals surface area (Å²) in [6.45, 7) is 9.09. The molecule has 9 nitrogen and oxygen atoms in total. The number of nitrogens with one attached hydrogen (secondary N) is 1. The Bertz CT molecular complexity index is 794. The van der Waals surface area contributed by atoms with E-state index in [4.69, 9.17) is 14.3 Å². The molecule has 1 aliphatic heterocycles. The van der Waals surface area contributed by atoms with E-state index in [1.807, 2.05) is 13.8 Å². The minimum atomic E-state index is -0.746. The van der Waals surface area contributed by atoms with Gasteiger partial charge in [0.25, 0.3) is 11.8 Å². The van der Waals surface area contributed by atoms with Crippen LogP contribution in [0.5, 0.6) is 0 Å². The van der Waals surface area contributed by atoms with E-state index in [1.54, 1.807) is 45.0 Å². The number of carbonyl (C=O) groups is 4. The molecule has 1 atom stereocenters. The van der Waals surface area contributed by atoms with Gasteiger partial charge in [-0.1, -0.05) is 26.0 Å². The van der Waals surface area contributed by atoms with Gasteiger partial charge in [-0.15, -0.1) is 5.06 Å². The van der Waals surface area contributed by atoms with E-state index in [1.165, 1.54) is 0 Å². The molecule has 31 heavy (non-hydrogen) atoms. The number of amides is 3. The lowest BCUT2D eigenvalue weighted by Gasteiger charge is -2.26. The van der Waals surface area contributed by atoms with Gasteiger partial charge in [-0.3, -0.25) is 19.2 Å². The number of imide groups is 1. The molecular weight excluding hydrogens is 404 g/mol. The van der Waals surface area contributed by atoms with Crippen LogP contribution in [0.2, 0.25) is 0 Å². The predicted molar refractivity (Wildman–Crippen MR) is 111 cm³/mol. The second-order valence-electron chi connectivity index (χ2n) is 8.47. The molecule has 0 saturated carbocycles. The SMILES string of the molecule is CC(C)C(NC(=O)CCOCCON1C(=O)c2ccccc2C1=O)C(=O)OC(C)(C)C. The number of nitrogens with zero attached hydrogens (tertiary/aromatic N) is 1. The third kappa shape index (κ3) is 6.86. The standard InChI is InChI=1S/C22H30N2O7/c1-14(2)18(21(28)31-22(3,4)5)23-17(25)10-11-29-12-13-30-24-19(26)15-8-6-7-9-16(15)20(24)27/h6-9,14,18H,10-13H2,1-5H3,(H,23,25). The molecule has 0 spiro atoms. The summed E-state index contributed by atoms with van der Waals surface area (Å²) in [4.78, 5) is 54.0. The highest BCUT2D eigenvalue weighted by Crippen LogP contribution is 2.22. The van der Waals surface area contributed by atoms with E-state index in [0.29, 0.717) is 11.1 Å². The summed E-state index contributed by atoms with van der Waals surface area (Å²) in [6.07, 6.45) is 0.0407. The van der Waals surface area contributed by atoms with Crippen molar-refractivity contribution in [3.8, 4) is 0 Å². The number of esters is 1. The molecule has 2 rings (SSSR count). The lowest BCUT2D eigenvalue weighted by atomic mass is 10.0. The van der Waals surface area contributed by atoms with Gasteiger partial charge < -0.3 is 14.8 Å². The molecule has 170 valence electrons. The Morgan fingerprint density at radius 3 is 2.10 bits per heavy atom. The zero-order valence-corrected chi connectivity index (χ0v) is 18.6. The quantitative estimate of drug-likeness (QED) is 0.341. The summed E-state index contributed by atoms with van der Waals surface area (Å²) in [5.41, 5.74) is -0.0399. The van der Waals surface area contributed by atoms with Gasteiger partial charge in [-0.05, 0) is 38.8 Å². The van der Waals surface area contributed by atoms with Crippen molar-refractivity contribution >= 4 is 23.7 Å². The third-order valence-electron chi connectivity index (χ3n) is 4.32. The van der Waals surface area contributed by atoms with Crippen LogP contribution in [-0.4, -0.2) is 60.2 Å². The smallest absolute Gasteiger partial charge is 0.329 e. The van der Waals surface area contributed by atoms with Crippen LogP contribution in [0, 0.1) is 5.92 Å². The van der Waals surface area contributed by atoms with Crippen molar-refractivity contribution in [1.29, 1.82) is 0 Å². The van der Waals surface area contributed by atoms with E-state index in [9.17, 15) is 19.2 Å². The predicted octanol–water partition coefficient (Wildman–Crippen LogP) is 2.10. The van der Waals surface area contributed by atoms with E-state index in [0.717, 1.165) is 5.06 Å². The van der Waals surface area contributed by atoms with Crippen LogP contribution in [0.3, 0.4) is 0 Å². The maximum atomic E-state index is 12.3. The van der Waals surface area contributed by atoms with Gasteiger partial charge in [0.05, 0.1) is 30.9 Å². The van der Waals surface area contributed by atoms with Crippen molar-refractivity contribution < 1.29 is 33.5 Å². The molecule has 0 saturated heterocycles. The molecule has 1 aliphatic rings. The number of benzene rings is 1. The zero-order valence-electron chi connectivity index (χ0n) is 18.6. The van der Waals surface area contributed by atoms with E-state index in [-0.39, 0.29) is 38.1 Å². The Balaban J connectivity index is 1.68. The highest BCUT2D eigenvalue weighted by molar-refractivity contribution is 6.20. The molecule has 1 heterocycles. The van der Waals surface area contributed by atoms with Crippen molar-refractivity contribution in [2.24, 2.45) is 5.92 Å². The van der Waals surface area contributed by atoms with Crippen molar-refractivity contribution in [2.75, 3.05) is 19.8 Å². The Kier molecular flexibility index (Phi) is 8.29. The number of carbonyl (C=O) groups excluding carboxylic acids is 4. The first-order valence-electron chi connectivity index (χ1n) is 10.2. The largest absolute Gasteiger partial charge is 0.458 e. The number of hydrogen-bond acceptors (Lipinski definition) is 7. The summed E-state index contributed by atoms with van der Waals surface area (Å²) in [6, 6.07) is 5.73. The minimum absolute atomic E-state index is 0.0282. The zero-order chi connectivity index (χ0) is 23.2. The minimum Gasteiger partial charge on any atom is -0.458 e. The first-order chi connectivity index (χ1) is 14.5. The fourth-order valence-corrected chi connectivity index (χ4v) is 2.85. The van der Waals surface area contributed by atoms with Crippen molar-refractivity contribution in [2.45, 2.75) is 52.7 Å². The van der Waals surface area contributed by atoms with Gasteiger partial charge in [0.2, 0.25) is 5.91 Å². The monoisotopic (exact) mass is 434 g/mol. The highest BCUT2D eigenvalue weighted by Gasteiger charge is 2.36. The third-order valence-corrected chi connectivity index (χ3v) is 4.32. The Hall–Kier alpha value is -2.78. The molecule has 1 aromatic carbocycles. The number of rotatable bonds is 10. The lowest BCUT2D eigenvalue weighted by Crippen LogP contribution is -2.47. The van der Waals surface area contributed by atoms with Gasteiger partial charge in [0.1, 0.15) is 11.6 Å². The second kappa shape index (κ2) is 10.5. The van der Waals surface area contributed by atoms with Crippen LogP contribution < -0.4 is 5.32 Å². The average molecular weight is 434 g/mol. The Labute approximate surface area is 182 Å². The Morgan fingerprint density at radius 1 is 1.00 bits per heavy atom. The molecule has 0 bridgehead atoms. The maximum Gasteiger partial charge on any atom is 0.329 e. The summed E-state index contributed by atoms with van der Waals surface area (Å²) < 4.78 is 10.7. The van der Waals surface area contributed by atoms with Crippen LogP contribution in [-0.2, 0) is 23.9 Å². The highest BCUT2D eigenvalue weighted by atomic mass is 16.7. The first kappa shape index (κ1) is 24.5. The normalized spacial score (nSPS) is 14.6. The molecule has 0 radical (unpaired) electrons. The summed E-state index contributed by atoms with van der Waals surface area (Å²) in [5.74, 6) is -1.98. The van der Waals surface area contributed by atoms with Crippen LogP contribution in [0.1, 0.15) is 61.8 Å². The molecule has 1 aromatic rings. The molecule has 1 N–H and O–H groups in total. The van der Waals surface area contributed by atoms with Gasteiger partial charge in [0.15, 0.2) is 0 Å². The van der Waals surface area contributed by atoms with Gasteiger partial charge in [-0.2, -0.15) is 0 Å². The molecule has 9 heteroatoms. The molecule has 0 aromatic heterocycles. The van der Waals surface area contributed by atoms with Crippen molar-refractivity contribution in [1.82, 2.24) is 10.4 Å². The summed E-state index contributed by atoms with van der Waals surface area (Å²) >= 11 is 0. The Morgan fingerprint density at radius 2 is 1.58 bits per heavy atom. The number of hydroxylamine groups is 2. The van der Waals surface area contributed by atoms with Crippen molar-refractivity contribution in [3.05, 3.63) is 35.4 Å². The summed E-state index contributed by atoms with van der Waals surface area (Å²) in [7, 11) is 0. The first-order valence-corrected chi connectivity index (χ1v) is 10.2. The van der Waals surface area contributed by atoms with E-state index in [2.05, 4.69) is 5.32 Å². The van der Waals surface area contributed by atoms with Gasteiger partial charge in [0, 0.05) is 6.42 Å². The maximum absolute atomic E-state index is 12.3. The van der Waals surface area contributed by atoms with E-state index < -0.39 is 29.4 Å². The van der Waals surface area contributed by atoms with Gasteiger partial charge >= 0.3 is 5.97 Å². The molecule has 0 fully saturated rings. The lowest BCUT2D eigenvalue weighted by molar-refractivity contribution is -0.160. The number of ether oxygens (including phenoxy) is 2.